The van der Waals surface area contributed by atoms with E-state index in [-0.39, 0.29) is 6.61 Å². The van der Waals surface area contributed by atoms with Crippen molar-refractivity contribution < 1.29 is 14.6 Å². The van der Waals surface area contributed by atoms with Gasteiger partial charge in [-0.15, -0.1) is 0 Å². The average molecular weight is 150 g/mol. The maximum Gasteiger partial charge on any atom is 0.505 e. The van der Waals surface area contributed by atoms with Crippen molar-refractivity contribution in [2.24, 2.45) is 0 Å². The molecular formula is C5H10O3S. The smallest absolute Gasteiger partial charge is 0.450 e. The van der Waals surface area contributed by atoms with Crippen LogP contribution in [0, 0.1) is 0 Å². The molecule has 0 aliphatic rings. The molecule has 0 fully saturated rings. The summed E-state index contributed by atoms with van der Waals surface area (Å²) in [6, 6.07) is 0. The van der Waals surface area contributed by atoms with E-state index in [0.29, 0.717) is 0 Å². The Morgan fingerprint density at radius 1 is 1.56 bits per heavy atom. The largest absolute Gasteiger partial charge is 0.505 e. The Kier molecular flexibility index (Phi) is 5.51. The van der Waals surface area contributed by atoms with E-state index in [1.807, 2.05) is 0 Å². The summed E-state index contributed by atoms with van der Waals surface area (Å²) in [6.45, 7) is 0.288. The Morgan fingerprint density at radius 3 is 2.67 bits per heavy atom. The van der Waals surface area contributed by atoms with Crippen LogP contribution in [0.2, 0.25) is 0 Å². The van der Waals surface area contributed by atoms with E-state index in [1.54, 1.807) is 0 Å². The lowest BCUT2D eigenvalue weighted by Crippen LogP contribution is -2.01. The number of ether oxygens (including phenoxy) is 1. The highest BCUT2D eigenvalue weighted by molar-refractivity contribution is 7.80. The van der Waals surface area contributed by atoms with E-state index in [4.69, 9.17) is 5.11 Å². The lowest BCUT2D eigenvalue weighted by atomic mass is 10.4. The summed E-state index contributed by atoms with van der Waals surface area (Å²) in [5.74, 6) is 0.781. The first-order valence-corrected chi connectivity index (χ1v) is 3.37. The molecule has 0 radical (unpaired) electrons. The normalized spacial score (nSPS) is 9.00. The Bertz CT molecular complexity index is 84.3. The molecule has 0 aliphatic carbocycles. The molecule has 0 aromatic rings. The number of thiol groups is 1. The Balaban J connectivity index is 2.83. The van der Waals surface area contributed by atoms with Crippen LogP contribution in [0.4, 0.5) is 4.79 Å². The molecule has 0 aliphatic heterocycles. The van der Waals surface area contributed by atoms with Gasteiger partial charge in [0.1, 0.15) is 0 Å². The number of hydrogen-bond donors (Lipinski definition) is 2. The third kappa shape index (κ3) is 7.62. The molecule has 9 heavy (non-hydrogen) atoms. The molecule has 0 amide bonds. The summed E-state index contributed by atoms with van der Waals surface area (Å²) in [4.78, 5) is 9.72. The van der Waals surface area contributed by atoms with E-state index in [0.717, 1.165) is 18.6 Å². The minimum absolute atomic E-state index is 0.288. The van der Waals surface area contributed by atoms with Crippen molar-refractivity contribution in [2.75, 3.05) is 12.4 Å². The Hall–Kier alpha value is -0.380. The fourth-order valence-corrected chi connectivity index (χ4v) is 0.597. The number of unbranched alkanes of at least 4 members (excludes halogenated alkanes) is 1. The number of carbonyl (C=O) groups is 1. The van der Waals surface area contributed by atoms with Crippen LogP contribution in [0.1, 0.15) is 12.8 Å². The topological polar surface area (TPSA) is 46.5 Å². The number of hydrogen-bond acceptors (Lipinski definition) is 3. The molecule has 1 N–H and O–H groups in total. The predicted molar refractivity (Wildman–Crippen MR) is 37.1 cm³/mol. The van der Waals surface area contributed by atoms with Gasteiger partial charge >= 0.3 is 6.16 Å². The van der Waals surface area contributed by atoms with Crippen LogP contribution in [-0.4, -0.2) is 23.6 Å². The Morgan fingerprint density at radius 2 is 2.22 bits per heavy atom. The van der Waals surface area contributed by atoms with E-state index < -0.39 is 6.16 Å². The first-order chi connectivity index (χ1) is 4.27. The van der Waals surface area contributed by atoms with Crippen molar-refractivity contribution in [3.63, 3.8) is 0 Å². The first-order valence-electron chi connectivity index (χ1n) is 2.74. The van der Waals surface area contributed by atoms with Crippen molar-refractivity contribution in [1.29, 1.82) is 0 Å². The molecule has 3 nitrogen and oxygen atoms in total. The van der Waals surface area contributed by atoms with Crippen molar-refractivity contribution >= 4 is 18.8 Å². The second kappa shape index (κ2) is 5.75. The summed E-state index contributed by atoms with van der Waals surface area (Å²) >= 11 is 3.94. The SMILES string of the molecule is O=C(O)OCCCCS. The molecule has 0 spiro atoms. The van der Waals surface area contributed by atoms with Crippen LogP contribution in [0.25, 0.3) is 0 Å². The van der Waals surface area contributed by atoms with Crippen LogP contribution in [0.5, 0.6) is 0 Å². The third-order valence-corrected chi connectivity index (χ3v) is 1.09. The second-order valence-electron chi connectivity index (χ2n) is 1.55. The molecule has 0 unspecified atom stereocenters. The van der Waals surface area contributed by atoms with E-state index in [1.165, 1.54) is 0 Å². The van der Waals surface area contributed by atoms with Crippen molar-refractivity contribution in [3.05, 3.63) is 0 Å². The molecule has 0 aromatic carbocycles. The van der Waals surface area contributed by atoms with Crippen LogP contribution < -0.4 is 0 Å². The van der Waals surface area contributed by atoms with Crippen molar-refractivity contribution in [1.82, 2.24) is 0 Å². The van der Waals surface area contributed by atoms with Crippen molar-refractivity contribution in [2.45, 2.75) is 12.8 Å². The van der Waals surface area contributed by atoms with Gasteiger partial charge in [0.05, 0.1) is 6.61 Å². The van der Waals surface area contributed by atoms with Gasteiger partial charge in [-0.25, -0.2) is 4.79 Å². The van der Waals surface area contributed by atoms with Crippen LogP contribution in [0.15, 0.2) is 0 Å². The predicted octanol–water partition coefficient (Wildman–Crippen LogP) is 1.39. The highest BCUT2D eigenvalue weighted by Gasteiger charge is 1.93. The minimum Gasteiger partial charge on any atom is -0.450 e. The Labute approximate surface area is 59.4 Å². The lowest BCUT2D eigenvalue weighted by molar-refractivity contribution is 0.0905. The van der Waals surface area contributed by atoms with Gasteiger partial charge < -0.3 is 9.84 Å². The van der Waals surface area contributed by atoms with Gasteiger partial charge in [0, 0.05) is 0 Å². The first kappa shape index (κ1) is 8.62. The molecule has 54 valence electrons. The molecule has 4 heteroatoms. The fourth-order valence-electron chi connectivity index (χ4n) is 0.373. The molecular weight excluding hydrogens is 140 g/mol. The molecule has 0 aromatic heterocycles. The summed E-state index contributed by atoms with van der Waals surface area (Å²) < 4.78 is 4.23. The third-order valence-electron chi connectivity index (χ3n) is 0.778. The van der Waals surface area contributed by atoms with Gasteiger partial charge in [-0.3, -0.25) is 0 Å². The van der Waals surface area contributed by atoms with Gasteiger partial charge in [0.15, 0.2) is 0 Å². The van der Waals surface area contributed by atoms with Gasteiger partial charge in [-0.1, -0.05) is 0 Å². The lowest BCUT2D eigenvalue weighted by Gasteiger charge is -1.96. The highest BCUT2D eigenvalue weighted by Crippen LogP contribution is 1.91. The summed E-state index contributed by atoms with van der Waals surface area (Å²) in [7, 11) is 0. The maximum absolute atomic E-state index is 9.72. The fraction of sp³-hybridized carbons (Fsp3) is 0.800. The summed E-state index contributed by atoms with van der Waals surface area (Å²) in [5.41, 5.74) is 0. The van der Waals surface area contributed by atoms with Crippen LogP contribution in [-0.2, 0) is 4.74 Å². The van der Waals surface area contributed by atoms with E-state index in [9.17, 15) is 4.79 Å². The highest BCUT2D eigenvalue weighted by atomic mass is 32.1. The van der Waals surface area contributed by atoms with E-state index >= 15 is 0 Å². The quantitative estimate of drug-likeness (QED) is 0.361. The summed E-state index contributed by atoms with van der Waals surface area (Å²) in [5, 5.41) is 7.97. The van der Waals surface area contributed by atoms with Gasteiger partial charge in [0.2, 0.25) is 0 Å². The zero-order valence-corrected chi connectivity index (χ0v) is 5.93. The summed E-state index contributed by atoms with van der Waals surface area (Å²) in [6.07, 6.45) is 0.459. The number of rotatable bonds is 4. The molecule has 0 bridgehead atoms. The zero-order chi connectivity index (χ0) is 7.11. The van der Waals surface area contributed by atoms with E-state index in [2.05, 4.69) is 17.4 Å². The standard InChI is InChI=1S/C5H10O3S/c6-5(7)8-3-1-2-4-9/h9H,1-4H2,(H,6,7). The molecule has 0 rings (SSSR count). The number of carboxylic acid groups (broad SMARTS) is 1. The van der Waals surface area contributed by atoms with Crippen molar-refractivity contribution in [3.8, 4) is 0 Å². The van der Waals surface area contributed by atoms with Gasteiger partial charge in [0.25, 0.3) is 0 Å². The van der Waals surface area contributed by atoms with Crippen LogP contribution in [0.3, 0.4) is 0 Å². The monoisotopic (exact) mass is 150 g/mol. The van der Waals surface area contributed by atoms with Gasteiger partial charge in [-0.2, -0.15) is 12.6 Å². The maximum atomic E-state index is 9.72. The van der Waals surface area contributed by atoms with Gasteiger partial charge in [-0.05, 0) is 18.6 Å². The van der Waals surface area contributed by atoms with Crippen LogP contribution >= 0.6 is 12.6 Å². The minimum atomic E-state index is -1.20. The molecule has 0 heterocycles. The second-order valence-corrected chi connectivity index (χ2v) is 1.99. The molecule has 0 saturated heterocycles. The molecule has 0 atom stereocenters. The zero-order valence-electron chi connectivity index (χ0n) is 5.04. The average Bonchev–Trinajstić information content (AvgIpc) is 1.80. The molecule has 0 saturated carbocycles.